The third-order valence-corrected chi connectivity index (χ3v) is 3.80. The van der Waals surface area contributed by atoms with Gasteiger partial charge in [0, 0.05) is 23.6 Å². The van der Waals surface area contributed by atoms with Gasteiger partial charge in [0.25, 0.3) is 0 Å². The largest absolute Gasteiger partial charge is 0.492 e. The van der Waals surface area contributed by atoms with Gasteiger partial charge in [0.2, 0.25) is 0 Å². The Kier molecular flexibility index (Phi) is 4.45. The third-order valence-electron chi connectivity index (χ3n) is 2.32. The lowest BCUT2D eigenvalue weighted by molar-refractivity contribution is 0.340. The number of hydrogen-bond donors (Lipinski definition) is 1. The zero-order chi connectivity index (χ0) is 13.1. The summed E-state index contributed by atoms with van der Waals surface area (Å²) in [7, 11) is 0. The van der Waals surface area contributed by atoms with Gasteiger partial charge < -0.3 is 10.5 Å². The molecule has 1 aromatic heterocycles. The van der Waals surface area contributed by atoms with Gasteiger partial charge in [0.1, 0.15) is 10.8 Å². The minimum atomic E-state index is 0.424. The van der Waals surface area contributed by atoms with Crippen LogP contribution in [0.4, 0.5) is 0 Å². The molecule has 2 aromatic rings. The molecule has 0 amide bonds. The molecule has 18 heavy (non-hydrogen) atoms. The second-order valence-electron chi connectivity index (χ2n) is 3.53. The Hall–Kier alpha value is -0.810. The van der Waals surface area contributed by atoms with Crippen LogP contribution in [0.5, 0.6) is 5.75 Å². The van der Waals surface area contributed by atoms with E-state index in [9.17, 15) is 0 Å². The summed E-state index contributed by atoms with van der Waals surface area (Å²) in [4.78, 5) is 4.39. The monoisotopic (exact) mass is 302 g/mol. The van der Waals surface area contributed by atoms with Crippen molar-refractivity contribution in [2.24, 2.45) is 5.73 Å². The molecule has 0 spiro atoms. The zero-order valence-electron chi connectivity index (χ0n) is 9.74. The molecule has 3 nitrogen and oxygen atoms in total. The number of rotatable bonds is 4. The fraction of sp³-hybridized carbons (Fsp3) is 0.250. The number of nitrogens with two attached hydrogens (primary N) is 1. The molecule has 0 saturated carbocycles. The van der Waals surface area contributed by atoms with Crippen molar-refractivity contribution in [3.05, 3.63) is 32.6 Å². The highest BCUT2D eigenvalue weighted by Gasteiger charge is 2.12. The molecule has 0 radical (unpaired) electrons. The van der Waals surface area contributed by atoms with Gasteiger partial charge in [-0.15, -0.1) is 11.3 Å². The Morgan fingerprint density at radius 1 is 1.33 bits per heavy atom. The van der Waals surface area contributed by atoms with E-state index < -0.39 is 0 Å². The van der Waals surface area contributed by atoms with Gasteiger partial charge in [0.05, 0.1) is 22.3 Å². The lowest BCUT2D eigenvalue weighted by atomic mass is 10.1. The fourth-order valence-electron chi connectivity index (χ4n) is 1.52. The van der Waals surface area contributed by atoms with Crippen LogP contribution in [0.25, 0.3) is 11.3 Å². The van der Waals surface area contributed by atoms with Gasteiger partial charge in [-0.2, -0.15) is 0 Å². The Bertz CT molecular complexity index is 557. The number of nitrogens with zero attached hydrogens (tertiary/aromatic N) is 1. The molecule has 0 aliphatic heterocycles. The number of thiazole rings is 1. The molecule has 0 atom stereocenters. The zero-order valence-corrected chi connectivity index (χ0v) is 12.1. The predicted octanol–water partition coefficient (Wildman–Crippen LogP) is 3.97. The van der Waals surface area contributed by atoms with Crippen LogP contribution in [0.15, 0.2) is 17.5 Å². The molecule has 0 aliphatic rings. The highest BCUT2D eigenvalue weighted by molar-refractivity contribution is 7.09. The van der Waals surface area contributed by atoms with E-state index in [2.05, 4.69) is 4.98 Å². The molecule has 0 saturated heterocycles. The molecule has 0 bridgehead atoms. The molecule has 0 fully saturated rings. The van der Waals surface area contributed by atoms with Crippen molar-refractivity contribution >= 4 is 34.5 Å². The summed E-state index contributed by atoms with van der Waals surface area (Å²) < 4.78 is 5.38. The Morgan fingerprint density at radius 3 is 2.72 bits per heavy atom. The van der Waals surface area contributed by atoms with Crippen LogP contribution in [0.2, 0.25) is 10.0 Å². The average molecular weight is 303 g/mol. The normalized spacial score (nSPS) is 10.7. The minimum Gasteiger partial charge on any atom is -0.492 e. The van der Waals surface area contributed by atoms with Crippen molar-refractivity contribution in [2.45, 2.75) is 13.5 Å². The molecular formula is C12H12Cl2N2OS. The van der Waals surface area contributed by atoms with Crippen LogP contribution in [0, 0.1) is 0 Å². The third kappa shape index (κ3) is 2.78. The lowest BCUT2D eigenvalue weighted by Crippen LogP contribution is -1.95. The Morgan fingerprint density at radius 2 is 2.11 bits per heavy atom. The SMILES string of the molecule is CCOc1cc(Cl)c(-c2csc(CN)n2)cc1Cl. The molecule has 2 rings (SSSR count). The summed E-state index contributed by atoms with van der Waals surface area (Å²) in [6, 6.07) is 3.48. The van der Waals surface area contributed by atoms with Crippen LogP contribution in [-0.2, 0) is 6.54 Å². The van der Waals surface area contributed by atoms with E-state index in [0.29, 0.717) is 28.9 Å². The molecule has 0 unspecified atom stereocenters. The first-order valence-electron chi connectivity index (χ1n) is 5.42. The van der Waals surface area contributed by atoms with Crippen molar-refractivity contribution in [1.82, 2.24) is 4.98 Å². The highest BCUT2D eigenvalue weighted by Crippen LogP contribution is 2.37. The summed E-state index contributed by atoms with van der Waals surface area (Å²) in [6.07, 6.45) is 0. The maximum atomic E-state index is 6.22. The van der Waals surface area contributed by atoms with E-state index in [4.69, 9.17) is 33.7 Å². The Labute approximate surface area is 120 Å². The maximum absolute atomic E-state index is 6.22. The molecule has 1 aromatic carbocycles. The summed E-state index contributed by atoms with van der Waals surface area (Å²) in [6.45, 7) is 2.86. The van der Waals surface area contributed by atoms with Gasteiger partial charge in [0.15, 0.2) is 0 Å². The van der Waals surface area contributed by atoms with Gasteiger partial charge >= 0.3 is 0 Å². The highest BCUT2D eigenvalue weighted by atomic mass is 35.5. The molecule has 96 valence electrons. The van der Waals surface area contributed by atoms with Crippen molar-refractivity contribution < 1.29 is 4.74 Å². The second-order valence-corrected chi connectivity index (χ2v) is 5.28. The van der Waals surface area contributed by atoms with E-state index in [1.807, 2.05) is 12.3 Å². The summed E-state index contributed by atoms with van der Waals surface area (Å²) in [5.41, 5.74) is 7.12. The predicted molar refractivity (Wildman–Crippen MR) is 76.6 cm³/mol. The van der Waals surface area contributed by atoms with Crippen LogP contribution < -0.4 is 10.5 Å². The summed E-state index contributed by atoms with van der Waals surface area (Å²) in [5.74, 6) is 0.585. The average Bonchev–Trinajstić information content (AvgIpc) is 2.82. The minimum absolute atomic E-state index is 0.424. The van der Waals surface area contributed by atoms with Crippen LogP contribution in [0.3, 0.4) is 0 Å². The number of halogens is 2. The molecule has 6 heteroatoms. The van der Waals surface area contributed by atoms with Gasteiger partial charge in [-0.1, -0.05) is 23.2 Å². The Balaban J connectivity index is 2.42. The van der Waals surface area contributed by atoms with E-state index in [-0.39, 0.29) is 0 Å². The standard InChI is InChI=1S/C12H12Cl2N2OS/c1-2-17-11-4-8(13)7(3-9(11)14)10-6-18-12(5-15)16-10/h3-4,6H,2,5,15H2,1H3. The lowest BCUT2D eigenvalue weighted by Gasteiger charge is -2.08. The molecular weight excluding hydrogens is 291 g/mol. The van der Waals surface area contributed by atoms with E-state index in [0.717, 1.165) is 16.3 Å². The number of ether oxygens (including phenoxy) is 1. The van der Waals surface area contributed by atoms with Gasteiger partial charge in [-0.05, 0) is 13.0 Å². The smallest absolute Gasteiger partial charge is 0.139 e. The van der Waals surface area contributed by atoms with Gasteiger partial charge in [-0.3, -0.25) is 0 Å². The first-order chi connectivity index (χ1) is 8.65. The van der Waals surface area contributed by atoms with Crippen molar-refractivity contribution in [3.63, 3.8) is 0 Å². The molecule has 2 N–H and O–H groups in total. The number of benzene rings is 1. The summed E-state index contributed by atoms with van der Waals surface area (Å²) in [5, 5.41) is 3.88. The number of aromatic nitrogens is 1. The summed E-state index contributed by atoms with van der Waals surface area (Å²) >= 11 is 13.9. The quantitative estimate of drug-likeness (QED) is 0.929. The van der Waals surface area contributed by atoms with Crippen LogP contribution in [0.1, 0.15) is 11.9 Å². The van der Waals surface area contributed by atoms with E-state index >= 15 is 0 Å². The second kappa shape index (κ2) is 5.89. The fourth-order valence-corrected chi connectivity index (χ4v) is 2.66. The van der Waals surface area contributed by atoms with Gasteiger partial charge in [-0.25, -0.2) is 4.98 Å². The van der Waals surface area contributed by atoms with Crippen molar-refractivity contribution in [1.29, 1.82) is 0 Å². The molecule has 0 aliphatic carbocycles. The van der Waals surface area contributed by atoms with E-state index in [1.165, 1.54) is 11.3 Å². The maximum Gasteiger partial charge on any atom is 0.139 e. The molecule has 1 heterocycles. The first-order valence-corrected chi connectivity index (χ1v) is 7.06. The van der Waals surface area contributed by atoms with Crippen molar-refractivity contribution in [2.75, 3.05) is 6.61 Å². The van der Waals surface area contributed by atoms with E-state index in [1.54, 1.807) is 12.1 Å². The van der Waals surface area contributed by atoms with Crippen LogP contribution >= 0.6 is 34.5 Å². The van der Waals surface area contributed by atoms with Crippen LogP contribution in [-0.4, -0.2) is 11.6 Å². The number of hydrogen-bond acceptors (Lipinski definition) is 4. The first kappa shape index (κ1) is 13.6. The topological polar surface area (TPSA) is 48.1 Å². The van der Waals surface area contributed by atoms with Crippen molar-refractivity contribution in [3.8, 4) is 17.0 Å².